The third-order valence-corrected chi connectivity index (χ3v) is 7.98. The lowest BCUT2D eigenvalue weighted by Gasteiger charge is -2.29. The monoisotopic (exact) mass is 541 g/mol. The molecule has 10 heteroatoms. The average Bonchev–Trinajstić information content (AvgIpc) is 2.81. The molecule has 0 aromatic heterocycles. The van der Waals surface area contributed by atoms with E-state index >= 15 is 0 Å². The fourth-order valence-corrected chi connectivity index (χ4v) is 5.06. The lowest BCUT2D eigenvalue weighted by Crippen LogP contribution is -2.48. The van der Waals surface area contributed by atoms with E-state index in [4.69, 9.17) is 23.2 Å². The Hall–Kier alpha value is -2.13. The van der Waals surface area contributed by atoms with Crippen molar-refractivity contribution in [2.24, 2.45) is 5.92 Å². The zero-order valence-electron chi connectivity index (χ0n) is 20.5. The summed E-state index contributed by atoms with van der Waals surface area (Å²) in [5.41, 5.74) is 0.664. The number of nitrogens with one attached hydrogen (secondary N) is 1. The van der Waals surface area contributed by atoms with Crippen molar-refractivity contribution in [3.8, 4) is 0 Å². The van der Waals surface area contributed by atoms with Gasteiger partial charge >= 0.3 is 0 Å². The first-order chi connectivity index (χ1) is 16.4. The molecule has 0 saturated heterocycles. The lowest BCUT2D eigenvalue weighted by atomic mass is 10.1. The zero-order valence-corrected chi connectivity index (χ0v) is 22.8. The van der Waals surface area contributed by atoms with E-state index in [1.54, 1.807) is 43.3 Å². The van der Waals surface area contributed by atoms with Crippen LogP contribution in [0.3, 0.4) is 0 Å². The fraction of sp³-hybridized carbons (Fsp3) is 0.440. The van der Waals surface area contributed by atoms with Crippen LogP contribution in [0.2, 0.25) is 10.0 Å². The summed E-state index contributed by atoms with van der Waals surface area (Å²) in [6.45, 7) is 6.43. The van der Waals surface area contributed by atoms with Gasteiger partial charge in [0.15, 0.2) is 0 Å². The minimum Gasteiger partial charge on any atom is -0.354 e. The Morgan fingerprint density at radius 1 is 1.03 bits per heavy atom. The van der Waals surface area contributed by atoms with Gasteiger partial charge < -0.3 is 10.2 Å². The molecular formula is C25H33Cl2N3O4S. The summed E-state index contributed by atoms with van der Waals surface area (Å²) >= 11 is 12.3. The smallest absolute Gasteiger partial charge is 0.242 e. The zero-order chi connectivity index (χ0) is 26.2. The molecule has 0 spiro atoms. The summed E-state index contributed by atoms with van der Waals surface area (Å²) < 4.78 is 26.7. The van der Waals surface area contributed by atoms with Crippen LogP contribution >= 0.6 is 23.2 Å². The molecule has 0 aliphatic rings. The number of hydrogen-bond donors (Lipinski definition) is 1. The molecule has 0 aliphatic carbocycles. The van der Waals surface area contributed by atoms with Crippen molar-refractivity contribution in [1.29, 1.82) is 0 Å². The van der Waals surface area contributed by atoms with Gasteiger partial charge in [0.1, 0.15) is 6.04 Å². The third-order valence-electron chi connectivity index (χ3n) is 5.52. The SMILES string of the molecule is CC(C)CNC(=O)[C@H](C)N(Cc1ccc(Cl)cc1Cl)C(=O)CCCN(C)S(=O)(=O)c1ccccc1. The molecule has 35 heavy (non-hydrogen) atoms. The normalized spacial score (nSPS) is 12.6. The van der Waals surface area contributed by atoms with Crippen LogP contribution in [0.15, 0.2) is 53.4 Å². The van der Waals surface area contributed by atoms with Crippen LogP contribution in [0.1, 0.15) is 39.2 Å². The Labute approximate surface area is 218 Å². The maximum absolute atomic E-state index is 13.2. The third kappa shape index (κ3) is 8.49. The molecule has 0 bridgehead atoms. The number of carbonyl (C=O) groups is 2. The Morgan fingerprint density at radius 2 is 1.69 bits per heavy atom. The van der Waals surface area contributed by atoms with Crippen LogP contribution in [0, 0.1) is 5.92 Å². The molecule has 0 heterocycles. The minimum atomic E-state index is -3.65. The summed E-state index contributed by atoms with van der Waals surface area (Å²) in [5, 5.41) is 3.74. The Kier molecular flexibility index (Phi) is 11.0. The van der Waals surface area contributed by atoms with Gasteiger partial charge in [-0.15, -0.1) is 0 Å². The highest BCUT2D eigenvalue weighted by atomic mass is 35.5. The second-order valence-corrected chi connectivity index (χ2v) is 11.7. The summed E-state index contributed by atoms with van der Waals surface area (Å²) in [6, 6.07) is 12.4. The fourth-order valence-electron chi connectivity index (χ4n) is 3.36. The molecule has 7 nitrogen and oxygen atoms in total. The Morgan fingerprint density at radius 3 is 2.29 bits per heavy atom. The van der Waals surface area contributed by atoms with Crippen molar-refractivity contribution < 1.29 is 18.0 Å². The predicted octanol–water partition coefficient (Wildman–Crippen LogP) is 4.58. The van der Waals surface area contributed by atoms with Crippen LogP contribution in [-0.4, -0.2) is 55.6 Å². The first kappa shape index (κ1) is 29.1. The van der Waals surface area contributed by atoms with E-state index in [0.717, 1.165) is 0 Å². The van der Waals surface area contributed by atoms with Gasteiger partial charge in [0.05, 0.1) is 4.90 Å². The van der Waals surface area contributed by atoms with Crippen molar-refractivity contribution in [3.63, 3.8) is 0 Å². The van der Waals surface area contributed by atoms with Crippen LogP contribution in [0.4, 0.5) is 0 Å². The number of amides is 2. The van der Waals surface area contributed by atoms with Gasteiger partial charge in [-0.3, -0.25) is 9.59 Å². The molecule has 0 unspecified atom stereocenters. The van der Waals surface area contributed by atoms with Crippen molar-refractivity contribution in [1.82, 2.24) is 14.5 Å². The maximum Gasteiger partial charge on any atom is 0.242 e. The van der Waals surface area contributed by atoms with Gasteiger partial charge in [-0.2, -0.15) is 0 Å². The van der Waals surface area contributed by atoms with Crippen molar-refractivity contribution in [2.45, 2.75) is 51.1 Å². The van der Waals surface area contributed by atoms with Gasteiger partial charge in [-0.1, -0.05) is 61.3 Å². The van der Waals surface area contributed by atoms with Gasteiger partial charge in [0.25, 0.3) is 0 Å². The molecule has 0 fully saturated rings. The topological polar surface area (TPSA) is 86.8 Å². The first-order valence-electron chi connectivity index (χ1n) is 11.5. The molecule has 2 aromatic rings. The van der Waals surface area contributed by atoms with Gasteiger partial charge in [0, 0.05) is 43.1 Å². The molecule has 2 rings (SSSR count). The molecule has 192 valence electrons. The Bertz CT molecular complexity index is 1110. The lowest BCUT2D eigenvalue weighted by molar-refractivity contribution is -0.140. The van der Waals surface area contributed by atoms with Crippen molar-refractivity contribution >= 4 is 45.0 Å². The van der Waals surface area contributed by atoms with E-state index in [2.05, 4.69) is 5.32 Å². The van der Waals surface area contributed by atoms with Gasteiger partial charge in [0.2, 0.25) is 21.8 Å². The predicted molar refractivity (Wildman–Crippen MR) is 140 cm³/mol. The highest BCUT2D eigenvalue weighted by Gasteiger charge is 2.27. The molecule has 2 amide bonds. The first-order valence-corrected chi connectivity index (χ1v) is 13.7. The van der Waals surface area contributed by atoms with E-state index in [1.807, 2.05) is 13.8 Å². The maximum atomic E-state index is 13.2. The number of nitrogens with zero attached hydrogens (tertiary/aromatic N) is 2. The highest BCUT2D eigenvalue weighted by Crippen LogP contribution is 2.24. The Balaban J connectivity index is 2.11. The molecular weight excluding hydrogens is 509 g/mol. The van der Waals surface area contributed by atoms with Crippen LogP contribution in [0.25, 0.3) is 0 Å². The van der Waals surface area contributed by atoms with Crippen LogP contribution in [0.5, 0.6) is 0 Å². The van der Waals surface area contributed by atoms with E-state index in [1.165, 1.54) is 28.4 Å². The number of halogens is 2. The molecule has 0 saturated carbocycles. The number of sulfonamides is 1. The second-order valence-electron chi connectivity index (χ2n) is 8.82. The minimum absolute atomic E-state index is 0.0711. The standard InChI is InChI=1S/C25H33Cl2N3O4S/c1-18(2)16-28-25(32)19(3)30(17-20-12-13-21(26)15-23(20)27)24(31)11-8-14-29(4)35(33,34)22-9-6-5-7-10-22/h5-7,9-10,12-13,15,18-19H,8,11,14,16-17H2,1-4H3,(H,28,32)/t19-/m0/s1. The van der Waals surface area contributed by atoms with Crippen LogP contribution < -0.4 is 5.32 Å². The number of benzene rings is 2. The van der Waals surface area contributed by atoms with Crippen LogP contribution in [-0.2, 0) is 26.2 Å². The van der Waals surface area contributed by atoms with E-state index in [0.29, 0.717) is 28.6 Å². The number of hydrogen-bond acceptors (Lipinski definition) is 4. The molecule has 1 N–H and O–H groups in total. The quantitative estimate of drug-likeness (QED) is 0.425. The number of carbonyl (C=O) groups excluding carboxylic acids is 2. The van der Waals surface area contributed by atoms with E-state index in [9.17, 15) is 18.0 Å². The van der Waals surface area contributed by atoms with E-state index < -0.39 is 16.1 Å². The molecule has 0 aliphatic heterocycles. The summed E-state index contributed by atoms with van der Waals surface area (Å²) in [5.74, 6) is -0.266. The van der Waals surface area contributed by atoms with Crippen molar-refractivity contribution in [3.05, 3.63) is 64.1 Å². The van der Waals surface area contributed by atoms with E-state index in [-0.39, 0.29) is 42.1 Å². The van der Waals surface area contributed by atoms with Crippen molar-refractivity contribution in [2.75, 3.05) is 20.1 Å². The number of rotatable bonds is 12. The molecule has 1 atom stereocenters. The van der Waals surface area contributed by atoms with Gasteiger partial charge in [-0.25, -0.2) is 12.7 Å². The van der Waals surface area contributed by atoms with Gasteiger partial charge in [-0.05, 0) is 49.1 Å². The summed E-state index contributed by atoms with van der Waals surface area (Å²) in [6.07, 6.45) is 0.369. The second kappa shape index (κ2) is 13.3. The summed E-state index contributed by atoms with van der Waals surface area (Å²) in [4.78, 5) is 27.6. The highest BCUT2D eigenvalue weighted by molar-refractivity contribution is 7.89. The molecule has 0 radical (unpaired) electrons. The average molecular weight is 543 g/mol. The largest absolute Gasteiger partial charge is 0.354 e. The molecule has 2 aromatic carbocycles. The summed E-state index contributed by atoms with van der Waals surface area (Å²) in [7, 11) is -2.16.